The first-order chi connectivity index (χ1) is 8.24. The van der Waals surface area contributed by atoms with Crippen molar-refractivity contribution in [2.45, 2.75) is 19.9 Å². The second kappa shape index (κ2) is 5.06. The van der Waals surface area contributed by atoms with Gasteiger partial charge in [-0.15, -0.1) is 0 Å². The Labute approximate surface area is 102 Å². The van der Waals surface area contributed by atoms with E-state index in [0.29, 0.717) is 0 Å². The van der Waals surface area contributed by atoms with Crippen LogP contribution in [0.1, 0.15) is 28.3 Å². The molecule has 0 aliphatic carbocycles. The fraction of sp³-hybridized carbons (Fsp3) is 0.286. The molecule has 2 rings (SSSR count). The van der Waals surface area contributed by atoms with Gasteiger partial charge in [0.2, 0.25) is 0 Å². The molecule has 0 radical (unpaired) electrons. The highest BCUT2D eigenvalue weighted by Gasteiger charge is 2.15. The highest BCUT2D eigenvalue weighted by atomic mass is 14.9. The van der Waals surface area contributed by atoms with Gasteiger partial charge in [0.05, 0.1) is 6.04 Å². The zero-order chi connectivity index (χ0) is 12.3. The van der Waals surface area contributed by atoms with Crippen LogP contribution in [0, 0.1) is 13.8 Å². The van der Waals surface area contributed by atoms with E-state index in [1.54, 1.807) is 0 Å². The molecule has 3 heteroatoms. The number of nitrogens with zero attached hydrogens (tertiary/aromatic N) is 2. The molecule has 2 aromatic heterocycles. The first kappa shape index (κ1) is 11.7. The molecule has 0 bridgehead atoms. The van der Waals surface area contributed by atoms with E-state index in [1.165, 1.54) is 22.3 Å². The molecule has 2 heterocycles. The third kappa shape index (κ3) is 2.34. The van der Waals surface area contributed by atoms with Crippen LogP contribution in [0.2, 0.25) is 0 Å². The van der Waals surface area contributed by atoms with Crippen molar-refractivity contribution in [1.82, 2.24) is 15.3 Å². The van der Waals surface area contributed by atoms with Crippen molar-refractivity contribution in [3.05, 3.63) is 59.2 Å². The third-order valence-corrected chi connectivity index (χ3v) is 3.05. The SMILES string of the molecule is CNC(c1ccncc1C)c1cnccc1C. The molecular weight excluding hydrogens is 210 g/mol. The lowest BCUT2D eigenvalue weighted by molar-refractivity contribution is 0.679. The van der Waals surface area contributed by atoms with Crippen molar-refractivity contribution in [3.63, 3.8) is 0 Å². The maximum atomic E-state index is 4.21. The molecule has 0 aromatic carbocycles. The minimum Gasteiger partial charge on any atom is -0.309 e. The molecule has 0 aliphatic heterocycles. The highest BCUT2D eigenvalue weighted by molar-refractivity contribution is 5.37. The number of aryl methyl sites for hydroxylation is 2. The second-order valence-electron chi connectivity index (χ2n) is 4.19. The smallest absolute Gasteiger partial charge is 0.0595 e. The summed E-state index contributed by atoms with van der Waals surface area (Å²) in [5.74, 6) is 0. The van der Waals surface area contributed by atoms with Gasteiger partial charge >= 0.3 is 0 Å². The minimum atomic E-state index is 0.173. The van der Waals surface area contributed by atoms with Gasteiger partial charge in [-0.25, -0.2) is 0 Å². The summed E-state index contributed by atoms with van der Waals surface area (Å²) >= 11 is 0. The van der Waals surface area contributed by atoms with Gasteiger partial charge in [0, 0.05) is 24.8 Å². The Bertz CT molecular complexity index is 463. The van der Waals surface area contributed by atoms with Gasteiger partial charge in [-0.3, -0.25) is 9.97 Å². The average molecular weight is 227 g/mol. The van der Waals surface area contributed by atoms with Crippen LogP contribution in [0.15, 0.2) is 36.9 Å². The Kier molecular flexibility index (Phi) is 3.49. The first-order valence-corrected chi connectivity index (χ1v) is 5.72. The Morgan fingerprint density at radius 2 is 1.65 bits per heavy atom. The Balaban J connectivity index is 2.48. The largest absolute Gasteiger partial charge is 0.309 e. The zero-order valence-corrected chi connectivity index (χ0v) is 10.4. The summed E-state index contributed by atoms with van der Waals surface area (Å²) in [4.78, 5) is 8.35. The van der Waals surface area contributed by atoms with Crippen molar-refractivity contribution >= 4 is 0 Å². The molecule has 17 heavy (non-hydrogen) atoms. The lowest BCUT2D eigenvalue weighted by Crippen LogP contribution is -2.20. The standard InChI is InChI=1S/C14H17N3/c1-10-4-6-17-9-13(10)14(15-3)12-5-7-16-8-11(12)2/h4-9,14-15H,1-3H3. The van der Waals surface area contributed by atoms with E-state index in [1.807, 2.05) is 37.9 Å². The maximum Gasteiger partial charge on any atom is 0.0595 e. The van der Waals surface area contributed by atoms with Crippen LogP contribution in [0.4, 0.5) is 0 Å². The quantitative estimate of drug-likeness (QED) is 0.875. The van der Waals surface area contributed by atoms with Crippen LogP contribution in [-0.2, 0) is 0 Å². The number of aromatic nitrogens is 2. The summed E-state index contributed by atoms with van der Waals surface area (Å²) in [6, 6.07) is 4.27. The lowest BCUT2D eigenvalue weighted by atomic mass is 9.95. The van der Waals surface area contributed by atoms with Gasteiger partial charge in [-0.2, -0.15) is 0 Å². The molecule has 0 saturated carbocycles. The van der Waals surface area contributed by atoms with Crippen LogP contribution < -0.4 is 5.32 Å². The maximum absolute atomic E-state index is 4.21. The third-order valence-electron chi connectivity index (χ3n) is 3.05. The van der Waals surface area contributed by atoms with E-state index in [-0.39, 0.29) is 6.04 Å². The molecule has 0 spiro atoms. The fourth-order valence-electron chi connectivity index (χ4n) is 2.07. The molecule has 0 fully saturated rings. The van der Waals surface area contributed by atoms with Crippen LogP contribution in [-0.4, -0.2) is 17.0 Å². The molecule has 3 nitrogen and oxygen atoms in total. The average Bonchev–Trinajstić information content (AvgIpc) is 2.34. The van der Waals surface area contributed by atoms with Gasteiger partial charge in [0.25, 0.3) is 0 Å². The lowest BCUT2D eigenvalue weighted by Gasteiger charge is -2.20. The van der Waals surface area contributed by atoms with Gasteiger partial charge in [-0.05, 0) is 55.3 Å². The van der Waals surface area contributed by atoms with Gasteiger partial charge < -0.3 is 5.32 Å². The van der Waals surface area contributed by atoms with E-state index in [2.05, 4.69) is 35.2 Å². The van der Waals surface area contributed by atoms with Gasteiger partial charge in [-0.1, -0.05) is 0 Å². The number of rotatable bonds is 3. The molecular formula is C14H17N3. The summed E-state index contributed by atoms with van der Waals surface area (Å²) in [5, 5.41) is 3.35. The van der Waals surface area contributed by atoms with Crippen molar-refractivity contribution < 1.29 is 0 Å². The van der Waals surface area contributed by atoms with Gasteiger partial charge in [0.1, 0.15) is 0 Å². The molecule has 1 N–H and O–H groups in total. The number of hydrogen-bond acceptors (Lipinski definition) is 3. The predicted molar refractivity (Wildman–Crippen MR) is 68.9 cm³/mol. The minimum absolute atomic E-state index is 0.173. The van der Waals surface area contributed by atoms with E-state index < -0.39 is 0 Å². The van der Waals surface area contributed by atoms with Gasteiger partial charge in [0.15, 0.2) is 0 Å². The van der Waals surface area contributed by atoms with Crippen LogP contribution in [0.3, 0.4) is 0 Å². The number of nitrogens with one attached hydrogen (secondary N) is 1. The van der Waals surface area contributed by atoms with E-state index >= 15 is 0 Å². The second-order valence-corrected chi connectivity index (χ2v) is 4.19. The topological polar surface area (TPSA) is 37.8 Å². The highest BCUT2D eigenvalue weighted by Crippen LogP contribution is 2.25. The number of pyridine rings is 2. The van der Waals surface area contributed by atoms with Crippen molar-refractivity contribution in [1.29, 1.82) is 0 Å². The zero-order valence-electron chi connectivity index (χ0n) is 10.4. The van der Waals surface area contributed by atoms with E-state index in [9.17, 15) is 0 Å². The Morgan fingerprint density at radius 1 is 0.941 bits per heavy atom. The first-order valence-electron chi connectivity index (χ1n) is 5.72. The summed E-state index contributed by atoms with van der Waals surface area (Å²) < 4.78 is 0. The molecule has 1 atom stereocenters. The van der Waals surface area contributed by atoms with E-state index in [4.69, 9.17) is 0 Å². The van der Waals surface area contributed by atoms with Crippen LogP contribution in [0.25, 0.3) is 0 Å². The molecule has 0 saturated heterocycles. The molecule has 1 unspecified atom stereocenters. The fourth-order valence-corrected chi connectivity index (χ4v) is 2.07. The Morgan fingerprint density at radius 3 is 2.29 bits per heavy atom. The molecule has 0 amide bonds. The summed E-state index contributed by atoms with van der Waals surface area (Å²) in [5.41, 5.74) is 4.90. The molecule has 2 aromatic rings. The van der Waals surface area contributed by atoms with Crippen molar-refractivity contribution in [3.8, 4) is 0 Å². The molecule has 88 valence electrons. The Hall–Kier alpha value is -1.74. The summed E-state index contributed by atoms with van der Waals surface area (Å²) in [7, 11) is 1.97. The predicted octanol–water partition coefficient (Wildman–Crippen LogP) is 2.40. The van der Waals surface area contributed by atoms with E-state index in [0.717, 1.165) is 0 Å². The normalized spacial score (nSPS) is 12.4. The summed E-state index contributed by atoms with van der Waals surface area (Å²) in [6.45, 7) is 4.19. The van der Waals surface area contributed by atoms with Crippen molar-refractivity contribution in [2.24, 2.45) is 0 Å². The summed E-state index contributed by atoms with van der Waals surface area (Å²) in [6.07, 6.45) is 7.48. The number of hydrogen-bond donors (Lipinski definition) is 1. The molecule has 0 aliphatic rings. The van der Waals surface area contributed by atoms with Crippen LogP contribution >= 0.6 is 0 Å². The van der Waals surface area contributed by atoms with Crippen LogP contribution in [0.5, 0.6) is 0 Å². The van der Waals surface area contributed by atoms with Crippen molar-refractivity contribution in [2.75, 3.05) is 7.05 Å². The monoisotopic (exact) mass is 227 g/mol.